The molecule has 1 saturated heterocycles. The molecular formula is C19H26N4O. The van der Waals surface area contributed by atoms with Crippen LogP contribution in [-0.4, -0.2) is 51.9 Å². The second-order valence-electron chi connectivity index (χ2n) is 6.55. The number of hydrogen-bond acceptors (Lipinski definition) is 3. The van der Waals surface area contributed by atoms with E-state index in [4.69, 9.17) is 0 Å². The summed E-state index contributed by atoms with van der Waals surface area (Å²) in [5, 5.41) is 0. The number of likely N-dealkylation sites (tertiary alicyclic amines) is 1. The van der Waals surface area contributed by atoms with E-state index in [0.717, 1.165) is 38.2 Å². The molecule has 0 atom stereocenters. The van der Waals surface area contributed by atoms with E-state index in [9.17, 15) is 4.79 Å². The zero-order valence-corrected chi connectivity index (χ0v) is 14.5. The molecule has 2 heterocycles. The smallest absolute Gasteiger partial charge is 0.272 e. The maximum absolute atomic E-state index is 13.1. The van der Waals surface area contributed by atoms with Crippen LogP contribution in [0, 0.1) is 0 Å². The van der Waals surface area contributed by atoms with E-state index in [-0.39, 0.29) is 11.9 Å². The average molecular weight is 326 g/mol. The van der Waals surface area contributed by atoms with Crippen LogP contribution in [0.4, 0.5) is 0 Å². The molecule has 5 nitrogen and oxygen atoms in total. The third-order valence-electron chi connectivity index (χ3n) is 4.78. The van der Waals surface area contributed by atoms with Crippen LogP contribution in [0.3, 0.4) is 0 Å². The lowest BCUT2D eigenvalue weighted by Gasteiger charge is -2.37. The number of aromatic amines is 1. The molecule has 0 radical (unpaired) electrons. The van der Waals surface area contributed by atoms with Crippen LogP contribution in [0.15, 0.2) is 36.5 Å². The van der Waals surface area contributed by atoms with Crippen molar-refractivity contribution < 1.29 is 4.79 Å². The predicted octanol–water partition coefficient (Wildman–Crippen LogP) is 2.71. The average Bonchev–Trinajstić information content (AvgIpc) is 3.10. The van der Waals surface area contributed by atoms with Crippen molar-refractivity contribution in [2.45, 2.75) is 38.8 Å². The van der Waals surface area contributed by atoms with Crippen molar-refractivity contribution in [1.29, 1.82) is 0 Å². The molecule has 3 rings (SSSR count). The van der Waals surface area contributed by atoms with Crippen molar-refractivity contribution >= 4 is 5.91 Å². The maximum Gasteiger partial charge on any atom is 0.272 e. The topological polar surface area (TPSA) is 52.2 Å². The Balaban J connectivity index is 1.81. The van der Waals surface area contributed by atoms with Gasteiger partial charge in [-0.3, -0.25) is 4.79 Å². The van der Waals surface area contributed by atoms with Crippen LogP contribution in [0.25, 0.3) is 0 Å². The molecule has 0 aliphatic carbocycles. The summed E-state index contributed by atoms with van der Waals surface area (Å²) in [6.45, 7) is 4.75. The lowest BCUT2D eigenvalue weighted by molar-refractivity contribution is 0.0564. The summed E-state index contributed by atoms with van der Waals surface area (Å²) in [7, 11) is 2.14. The number of aromatic nitrogens is 2. The van der Waals surface area contributed by atoms with Gasteiger partial charge in [-0.05, 0) is 38.5 Å². The second-order valence-corrected chi connectivity index (χ2v) is 6.55. The molecule has 2 aromatic rings. The van der Waals surface area contributed by atoms with E-state index in [1.54, 1.807) is 6.20 Å². The lowest BCUT2D eigenvalue weighted by Crippen LogP contribution is -2.46. The predicted molar refractivity (Wildman–Crippen MR) is 94.8 cm³/mol. The van der Waals surface area contributed by atoms with E-state index >= 15 is 0 Å². The fourth-order valence-electron chi connectivity index (χ4n) is 3.26. The molecule has 1 fully saturated rings. The quantitative estimate of drug-likeness (QED) is 0.919. The van der Waals surface area contributed by atoms with Crippen LogP contribution in [0.2, 0.25) is 0 Å². The van der Waals surface area contributed by atoms with Crippen LogP contribution in [0.1, 0.15) is 41.6 Å². The normalized spacial score (nSPS) is 16.2. The fourth-order valence-corrected chi connectivity index (χ4v) is 3.26. The third kappa shape index (κ3) is 3.85. The minimum absolute atomic E-state index is 0.0561. The van der Waals surface area contributed by atoms with Gasteiger partial charge in [-0.25, -0.2) is 4.98 Å². The van der Waals surface area contributed by atoms with Crippen molar-refractivity contribution in [3.05, 3.63) is 53.6 Å². The summed E-state index contributed by atoms with van der Waals surface area (Å²) >= 11 is 0. The van der Waals surface area contributed by atoms with Crippen molar-refractivity contribution in [3.8, 4) is 0 Å². The molecule has 1 aromatic heterocycles. The molecular weight excluding hydrogens is 300 g/mol. The van der Waals surface area contributed by atoms with Crippen molar-refractivity contribution in [1.82, 2.24) is 19.8 Å². The number of benzene rings is 1. The molecule has 1 aliphatic rings. The first-order chi connectivity index (χ1) is 11.7. The Morgan fingerprint density at radius 1 is 1.29 bits per heavy atom. The van der Waals surface area contributed by atoms with Gasteiger partial charge in [-0.1, -0.05) is 37.3 Å². The van der Waals surface area contributed by atoms with Crippen LogP contribution >= 0.6 is 0 Å². The standard InChI is InChI=1S/C19H26N4O/c1-3-18-20-13-17(21-18)19(24)23(14-15-7-5-4-6-8-15)16-9-11-22(2)12-10-16/h4-8,13,16H,3,9-12,14H2,1-2H3,(H,20,21). The molecule has 1 amide bonds. The molecule has 1 aliphatic heterocycles. The molecule has 0 saturated carbocycles. The van der Waals surface area contributed by atoms with Crippen molar-refractivity contribution in [2.24, 2.45) is 0 Å². The zero-order valence-electron chi connectivity index (χ0n) is 14.5. The second kappa shape index (κ2) is 7.62. The lowest BCUT2D eigenvalue weighted by atomic mass is 10.0. The fraction of sp³-hybridized carbons (Fsp3) is 0.474. The Morgan fingerprint density at radius 3 is 2.62 bits per heavy atom. The van der Waals surface area contributed by atoms with Crippen LogP contribution in [-0.2, 0) is 13.0 Å². The minimum atomic E-state index is 0.0561. The van der Waals surface area contributed by atoms with Gasteiger partial charge in [-0.2, -0.15) is 0 Å². The van der Waals surface area contributed by atoms with Crippen molar-refractivity contribution in [2.75, 3.05) is 20.1 Å². The zero-order chi connectivity index (χ0) is 16.9. The van der Waals surface area contributed by atoms with Gasteiger partial charge in [-0.15, -0.1) is 0 Å². The van der Waals surface area contributed by atoms with Gasteiger partial charge in [0.05, 0.1) is 6.20 Å². The number of imidazole rings is 1. The summed E-state index contributed by atoms with van der Waals surface area (Å²) in [4.78, 5) is 24.9. The summed E-state index contributed by atoms with van der Waals surface area (Å²) in [6.07, 6.45) is 4.52. The first-order valence-corrected chi connectivity index (χ1v) is 8.74. The third-order valence-corrected chi connectivity index (χ3v) is 4.78. The van der Waals surface area contributed by atoms with Gasteiger partial charge in [0, 0.05) is 19.0 Å². The van der Waals surface area contributed by atoms with E-state index in [2.05, 4.69) is 34.0 Å². The Kier molecular flexibility index (Phi) is 5.30. The van der Waals surface area contributed by atoms with E-state index in [1.165, 1.54) is 5.56 Å². The van der Waals surface area contributed by atoms with Gasteiger partial charge in [0.15, 0.2) is 0 Å². The number of H-pyrrole nitrogens is 1. The number of hydrogen-bond donors (Lipinski definition) is 1. The monoisotopic (exact) mass is 326 g/mol. The number of piperidine rings is 1. The first kappa shape index (κ1) is 16.7. The number of nitrogens with one attached hydrogen (secondary N) is 1. The highest BCUT2D eigenvalue weighted by molar-refractivity contribution is 5.92. The summed E-state index contributed by atoms with van der Waals surface area (Å²) in [5.41, 5.74) is 1.77. The molecule has 1 aromatic carbocycles. The van der Waals surface area contributed by atoms with Gasteiger partial charge in [0.2, 0.25) is 0 Å². The summed E-state index contributed by atoms with van der Waals surface area (Å²) in [5.74, 6) is 0.919. The van der Waals surface area contributed by atoms with E-state index in [0.29, 0.717) is 12.2 Å². The van der Waals surface area contributed by atoms with Gasteiger partial charge < -0.3 is 14.8 Å². The minimum Gasteiger partial charge on any atom is -0.338 e. The first-order valence-electron chi connectivity index (χ1n) is 8.74. The largest absolute Gasteiger partial charge is 0.338 e. The van der Waals surface area contributed by atoms with Gasteiger partial charge in [0.25, 0.3) is 5.91 Å². The van der Waals surface area contributed by atoms with Gasteiger partial charge >= 0.3 is 0 Å². The molecule has 5 heteroatoms. The van der Waals surface area contributed by atoms with Gasteiger partial charge in [0.1, 0.15) is 11.5 Å². The number of nitrogens with zero attached hydrogens (tertiary/aromatic N) is 3. The molecule has 0 bridgehead atoms. The highest BCUT2D eigenvalue weighted by Crippen LogP contribution is 2.20. The van der Waals surface area contributed by atoms with E-state index < -0.39 is 0 Å². The summed E-state index contributed by atoms with van der Waals surface area (Å²) < 4.78 is 0. The molecule has 0 unspecified atom stereocenters. The highest BCUT2D eigenvalue weighted by Gasteiger charge is 2.28. The maximum atomic E-state index is 13.1. The Hall–Kier alpha value is -2.14. The molecule has 128 valence electrons. The number of carbonyl (C=O) groups is 1. The summed E-state index contributed by atoms with van der Waals surface area (Å²) in [6, 6.07) is 10.5. The number of aryl methyl sites for hydroxylation is 1. The number of carbonyl (C=O) groups excluding carboxylic acids is 1. The van der Waals surface area contributed by atoms with E-state index in [1.807, 2.05) is 30.0 Å². The highest BCUT2D eigenvalue weighted by atomic mass is 16.2. The number of rotatable bonds is 5. The Bertz CT molecular complexity index is 659. The molecule has 24 heavy (non-hydrogen) atoms. The molecule has 0 spiro atoms. The van der Waals surface area contributed by atoms with Crippen LogP contribution in [0.5, 0.6) is 0 Å². The SMILES string of the molecule is CCc1ncc(C(=O)N(Cc2ccccc2)C2CCN(C)CC2)[nH]1. The Labute approximate surface area is 143 Å². The Morgan fingerprint density at radius 2 is 2.00 bits per heavy atom. The van der Waals surface area contributed by atoms with Crippen LogP contribution < -0.4 is 0 Å². The molecule has 1 N–H and O–H groups in total. The van der Waals surface area contributed by atoms with Crippen molar-refractivity contribution in [3.63, 3.8) is 0 Å². The number of amides is 1.